The number of halogens is 1. The lowest BCUT2D eigenvalue weighted by molar-refractivity contribution is 0.271. The van der Waals surface area contributed by atoms with Crippen molar-refractivity contribution in [2.45, 2.75) is 39.7 Å². The zero-order valence-corrected chi connectivity index (χ0v) is 17.3. The first kappa shape index (κ1) is 19.4. The average molecular weight is 415 g/mol. The maximum Gasteiger partial charge on any atom is 0.257 e. The van der Waals surface area contributed by atoms with Crippen LogP contribution in [0.3, 0.4) is 0 Å². The second-order valence-electron chi connectivity index (χ2n) is 7.20. The first-order valence-corrected chi connectivity index (χ1v) is 10.1. The Morgan fingerprint density at radius 2 is 2.07 bits per heavy atom. The van der Waals surface area contributed by atoms with E-state index in [0.717, 1.165) is 16.4 Å². The Morgan fingerprint density at radius 1 is 1.24 bits per heavy atom. The second-order valence-corrected chi connectivity index (χ2v) is 8.47. The van der Waals surface area contributed by atoms with E-state index >= 15 is 0 Å². The van der Waals surface area contributed by atoms with Crippen molar-refractivity contribution in [2.24, 2.45) is 5.92 Å². The highest BCUT2D eigenvalue weighted by Crippen LogP contribution is 2.48. The van der Waals surface area contributed by atoms with Crippen LogP contribution in [0.4, 0.5) is 16.2 Å². The number of ether oxygens (including phenoxy) is 1. The fourth-order valence-corrected chi connectivity index (χ4v) is 3.90. The van der Waals surface area contributed by atoms with E-state index in [1.807, 2.05) is 19.3 Å². The van der Waals surface area contributed by atoms with Gasteiger partial charge in [0.2, 0.25) is 11.8 Å². The molecule has 1 aliphatic carbocycles. The molecule has 3 aromatic heterocycles. The minimum atomic E-state index is -0.661. The highest BCUT2D eigenvalue weighted by atomic mass is 32.1. The van der Waals surface area contributed by atoms with E-state index in [-0.39, 0.29) is 17.6 Å². The number of hydrogen-bond donors (Lipinski definition) is 2. The lowest BCUT2D eigenvalue weighted by Crippen LogP contribution is -2.11. The molecule has 1 fully saturated rings. The van der Waals surface area contributed by atoms with Gasteiger partial charge in [0.1, 0.15) is 10.0 Å². The standard InChI is InChI=1S/C19H22FN7OS/c1-9-5-22-6-14(10(9)2)13-4-12(13)8-28-18-16(20)17(24-19(21)25-18)23-7-15-27-26-11(3)29-15/h5-6,12-13H,4,7-8H2,1-3H3,(H3,21,23,24,25)/t12-,13+/m1/s1. The molecule has 152 valence electrons. The number of aromatic nitrogens is 5. The van der Waals surface area contributed by atoms with Crippen LogP contribution in [-0.4, -0.2) is 31.8 Å². The second kappa shape index (κ2) is 7.86. The molecule has 0 aromatic carbocycles. The van der Waals surface area contributed by atoms with Gasteiger partial charge in [-0.25, -0.2) is 0 Å². The molecule has 1 aliphatic rings. The normalized spacial score (nSPS) is 17.9. The molecule has 3 aromatic rings. The molecule has 8 nitrogen and oxygen atoms in total. The Balaban J connectivity index is 1.40. The number of hydrogen-bond acceptors (Lipinski definition) is 9. The van der Waals surface area contributed by atoms with Gasteiger partial charge < -0.3 is 15.8 Å². The van der Waals surface area contributed by atoms with Crippen LogP contribution in [0.5, 0.6) is 5.88 Å². The van der Waals surface area contributed by atoms with Crippen LogP contribution < -0.4 is 15.8 Å². The Labute approximate surface area is 171 Å². The minimum Gasteiger partial charge on any atom is -0.475 e. The monoisotopic (exact) mass is 415 g/mol. The molecule has 0 saturated heterocycles. The van der Waals surface area contributed by atoms with Gasteiger partial charge in [0, 0.05) is 18.3 Å². The Hall–Kier alpha value is -2.88. The van der Waals surface area contributed by atoms with Crippen molar-refractivity contribution in [3.8, 4) is 5.88 Å². The van der Waals surface area contributed by atoms with Crippen molar-refractivity contribution >= 4 is 23.1 Å². The van der Waals surface area contributed by atoms with Crippen LogP contribution in [0.15, 0.2) is 12.4 Å². The van der Waals surface area contributed by atoms with Gasteiger partial charge in [0.05, 0.1) is 13.2 Å². The maximum absolute atomic E-state index is 14.8. The summed E-state index contributed by atoms with van der Waals surface area (Å²) in [6, 6.07) is 0. The number of anilines is 2. The van der Waals surface area contributed by atoms with Crippen molar-refractivity contribution in [1.29, 1.82) is 0 Å². The molecule has 0 radical (unpaired) electrons. The van der Waals surface area contributed by atoms with E-state index in [2.05, 4.69) is 44.3 Å². The average Bonchev–Trinajstić information content (AvgIpc) is 3.34. The van der Waals surface area contributed by atoms with Gasteiger partial charge in [-0.2, -0.15) is 14.4 Å². The molecule has 0 aliphatic heterocycles. The third-order valence-corrected chi connectivity index (χ3v) is 5.91. The molecule has 4 rings (SSSR count). The number of nitrogens with one attached hydrogen (secondary N) is 1. The molecular weight excluding hydrogens is 393 g/mol. The molecule has 0 bridgehead atoms. The number of pyridine rings is 1. The molecule has 10 heteroatoms. The predicted octanol–water partition coefficient (Wildman–Crippen LogP) is 3.16. The number of aryl methyl sites for hydroxylation is 2. The van der Waals surface area contributed by atoms with Crippen LogP contribution in [0.1, 0.15) is 39.0 Å². The third kappa shape index (κ3) is 4.26. The highest BCUT2D eigenvalue weighted by molar-refractivity contribution is 7.11. The zero-order valence-electron chi connectivity index (χ0n) is 16.4. The van der Waals surface area contributed by atoms with Crippen molar-refractivity contribution < 1.29 is 9.13 Å². The van der Waals surface area contributed by atoms with Crippen LogP contribution in [0.25, 0.3) is 0 Å². The van der Waals surface area contributed by atoms with E-state index in [9.17, 15) is 4.39 Å². The maximum atomic E-state index is 14.8. The molecule has 2 atom stereocenters. The summed E-state index contributed by atoms with van der Waals surface area (Å²) in [7, 11) is 0. The lowest BCUT2D eigenvalue weighted by Gasteiger charge is -2.11. The van der Waals surface area contributed by atoms with Crippen LogP contribution >= 0.6 is 11.3 Å². The molecule has 3 N–H and O–H groups in total. The van der Waals surface area contributed by atoms with E-state index < -0.39 is 5.82 Å². The van der Waals surface area contributed by atoms with Gasteiger partial charge >= 0.3 is 0 Å². The Kier molecular flexibility index (Phi) is 5.27. The lowest BCUT2D eigenvalue weighted by atomic mass is 10.0. The minimum absolute atomic E-state index is 0.00794. The van der Waals surface area contributed by atoms with E-state index in [4.69, 9.17) is 10.5 Å². The largest absolute Gasteiger partial charge is 0.475 e. The predicted molar refractivity (Wildman–Crippen MR) is 108 cm³/mol. The fraction of sp³-hybridized carbons (Fsp3) is 0.421. The number of nitrogens with two attached hydrogens (primary N) is 1. The third-order valence-electron chi connectivity index (χ3n) is 5.08. The van der Waals surface area contributed by atoms with E-state index in [0.29, 0.717) is 25.0 Å². The van der Waals surface area contributed by atoms with Gasteiger partial charge in [0.15, 0.2) is 5.82 Å². The number of nitrogen functional groups attached to an aromatic ring is 1. The zero-order chi connectivity index (χ0) is 20.5. The topological polar surface area (TPSA) is 112 Å². The Morgan fingerprint density at radius 3 is 2.83 bits per heavy atom. The van der Waals surface area contributed by atoms with Crippen LogP contribution in [0, 0.1) is 32.5 Å². The summed E-state index contributed by atoms with van der Waals surface area (Å²) in [6.07, 6.45) is 4.76. The SMILES string of the molecule is Cc1nnc(CNc2nc(N)nc(OC[C@H]3C[C@@H]3c3cncc(C)c3C)c2F)s1. The summed E-state index contributed by atoms with van der Waals surface area (Å²) in [5, 5.41) is 12.4. The molecule has 0 spiro atoms. The first-order valence-electron chi connectivity index (χ1n) is 9.32. The van der Waals surface area contributed by atoms with Crippen LogP contribution in [-0.2, 0) is 6.54 Å². The van der Waals surface area contributed by atoms with Crippen molar-refractivity contribution in [2.75, 3.05) is 17.7 Å². The van der Waals surface area contributed by atoms with Gasteiger partial charge in [-0.1, -0.05) is 11.3 Å². The first-order chi connectivity index (χ1) is 13.9. The number of rotatable bonds is 7. The van der Waals surface area contributed by atoms with Gasteiger partial charge in [-0.3, -0.25) is 4.98 Å². The smallest absolute Gasteiger partial charge is 0.257 e. The van der Waals surface area contributed by atoms with Crippen molar-refractivity contribution in [1.82, 2.24) is 25.1 Å². The van der Waals surface area contributed by atoms with E-state index in [1.165, 1.54) is 28.0 Å². The molecule has 0 unspecified atom stereocenters. The summed E-state index contributed by atoms with van der Waals surface area (Å²) >= 11 is 1.43. The molecule has 29 heavy (non-hydrogen) atoms. The quantitative estimate of drug-likeness (QED) is 0.605. The van der Waals surface area contributed by atoms with Gasteiger partial charge in [-0.15, -0.1) is 10.2 Å². The molecular formula is C19H22FN7OS. The summed E-state index contributed by atoms with van der Waals surface area (Å²) in [5.74, 6) is -0.185. The highest BCUT2D eigenvalue weighted by Gasteiger charge is 2.40. The van der Waals surface area contributed by atoms with Crippen molar-refractivity contribution in [3.05, 3.63) is 44.9 Å². The molecule has 3 heterocycles. The Bertz CT molecular complexity index is 1040. The molecule has 0 amide bonds. The summed E-state index contributed by atoms with van der Waals surface area (Å²) in [4.78, 5) is 12.1. The summed E-state index contributed by atoms with van der Waals surface area (Å²) < 4.78 is 20.4. The van der Waals surface area contributed by atoms with Gasteiger partial charge in [-0.05, 0) is 49.8 Å². The van der Waals surface area contributed by atoms with E-state index in [1.54, 1.807) is 0 Å². The molecule has 1 saturated carbocycles. The fourth-order valence-electron chi connectivity index (χ4n) is 3.25. The van der Waals surface area contributed by atoms with Crippen LogP contribution in [0.2, 0.25) is 0 Å². The van der Waals surface area contributed by atoms with Gasteiger partial charge in [0.25, 0.3) is 5.88 Å². The van der Waals surface area contributed by atoms with Crippen molar-refractivity contribution in [3.63, 3.8) is 0 Å². The summed E-state index contributed by atoms with van der Waals surface area (Å²) in [6.45, 7) is 6.67. The number of nitrogens with zero attached hydrogens (tertiary/aromatic N) is 5. The summed E-state index contributed by atoms with van der Waals surface area (Å²) in [5.41, 5.74) is 9.39.